The van der Waals surface area contributed by atoms with Gasteiger partial charge in [0.25, 0.3) is 0 Å². The lowest BCUT2D eigenvalue weighted by atomic mass is 10.2. The Bertz CT molecular complexity index is 533. The molecule has 1 saturated heterocycles. The third kappa shape index (κ3) is 6.21. The fourth-order valence-corrected chi connectivity index (χ4v) is 1.65. The fraction of sp³-hybridized carbons (Fsp3) is 0.643. The number of carbonyl (C=O) groups is 1. The van der Waals surface area contributed by atoms with Crippen LogP contribution < -0.4 is 11.4 Å². The van der Waals surface area contributed by atoms with Gasteiger partial charge in [-0.05, 0) is 19.8 Å². The number of esters is 1. The highest BCUT2D eigenvalue weighted by atomic mass is 19.1. The van der Waals surface area contributed by atoms with E-state index in [2.05, 4.69) is 9.72 Å². The maximum atomic E-state index is 13.1. The lowest BCUT2D eigenvalue weighted by molar-refractivity contribution is -0.137. The van der Waals surface area contributed by atoms with Gasteiger partial charge in [-0.1, -0.05) is 13.8 Å². The zero-order valence-electron chi connectivity index (χ0n) is 13.6. The van der Waals surface area contributed by atoms with Gasteiger partial charge >= 0.3 is 11.7 Å². The van der Waals surface area contributed by atoms with E-state index in [0.29, 0.717) is 6.42 Å². The van der Waals surface area contributed by atoms with Crippen molar-refractivity contribution in [1.82, 2.24) is 9.55 Å². The number of hydrogen-bond donors (Lipinski definition) is 1. The molecule has 0 saturated carbocycles. The number of nitrogens with zero attached hydrogens (tertiary/aromatic N) is 2. The second kappa shape index (κ2) is 9.88. The monoisotopic (exact) mass is 317 g/mol. The first-order valence-electron chi connectivity index (χ1n) is 7.09. The quantitative estimate of drug-likeness (QED) is 0.794. The van der Waals surface area contributed by atoms with Crippen molar-refractivity contribution in [2.45, 2.75) is 52.9 Å². The van der Waals surface area contributed by atoms with E-state index in [1.165, 1.54) is 14.0 Å². The SMILES string of the molecule is CC.CC1CC[C@H](n2cc(F)c(N)nc2=O)O1.COC(C)=O. The van der Waals surface area contributed by atoms with Crippen molar-refractivity contribution in [3.63, 3.8) is 0 Å². The van der Waals surface area contributed by atoms with E-state index in [9.17, 15) is 14.0 Å². The summed E-state index contributed by atoms with van der Waals surface area (Å²) in [5.41, 5.74) is 4.60. The number of halogens is 1. The van der Waals surface area contributed by atoms with Crippen LogP contribution >= 0.6 is 0 Å². The van der Waals surface area contributed by atoms with Gasteiger partial charge in [-0.3, -0.25) is 9.36 Å². The van der Waals surface area contributed by atoms with Crippen molar-refractivity contribution in [3.05, 3.63) is 22.5 Å². The predicted molar refractivity (Wildman–Crippen MR) is 80.7 cm³/mol. The Balaban J connectivity index is 0.000000540. The molecule has 1 aliphatic heterocycles. The highest BCUT2D eigenvalue weighted by Gasteiger charge is 2.24. The van der Waals surface area contributed by atoms with Gasteiger partial charge in [0.1, 0.15) is 6.23 Å². The first-order valence-corrected chi connectivity index (χ1v) is 7.09. The number of nitrogens with two attached hydrogens (primary N) is 1. The maximum absolute atomic E-state index is 13.1. The summed E-state index contributed by atoms with van der Waals surface area (Å²) in [6.07, 6.45) is 2.25. The van der Waals surface area contributed by atoms with E-state index in [0.717, 1.165) is 17.2 Å². The van der Waals surface area contributed by atoms with E-state index >= 15 is 0 Å². The molecule has 8 heteroatoms. The van der Waals surface area contributed by atoms with Crippen molar-refractivity contribution in [3.8, 4) is 0 Å². The van der Waals surface area contributed by atoms with Crippen LogP contribution in [0.2, 0.25) is 0 Å². The normalized spacial score (nSPS) is 19.4. The molecule has 1 aliphatic rings. The molecule has 22 heavy (non-hydrogen) atoms. The smallest absolute Gasteiger partial charge is 0.351 e. The Morgan fingerprint density at radius 3 is 2.45 bits per heavy atom. The van der Waals surface area contributed by atoms with Crippen LogP contribution in [0.4, 0.5) is 10.2 Å². The number of anilines is 1. The topological polar surface area (TPSA) is 96.4 Å². The second-order valence-corrected chi connectivity index (χ2v) is 4.34. The Hall–Kier alpha value is -1.96. The number of nitrogen functional groups attached to an aromatic ring is 1. The molecule has 7 nitrogen and oxygen atoms in total. The molecule has 1 aromatic rings. The minimum absolute atomic E-state index is 0.0857. The van der Waals surface area contributed by atoms with Crippen molar-refractivity contribution >= 4 is 11.8 Å². The van der Waals surface area contributed by atoms with Gasteiger partial charge in [0.05, 0.1) is 19.4 Å². The van der Waals surface area contributed by atoms with Crippen molar-refractivity contribution in [1.29, 1.82) is 0 Å². The average molecular weight is 317 g/mol. The average Bonchev–Trinajstić information content (AvgIpc) is 2.92. The summed E-state index contributed by atoms with van der Waals surface area (Å²) >= 11 is 0. The molecule has 0 amide bonds. The molecular weight excluding hydrogens is 293 g/mol. The molecule has 0 aliphatic carbocycles. The summed E-state index contributed by atoms with van der Waals surface area (Å²) in [5.74, 6) is -1.31. The Morgan fingerprint density at radius 1 is 1.50 bits per heavy atom. The van der Waals surface area contributed by atoms with Gasteiger partial charge in [0.2, 0.25) is 0 Å². The van der Waals surface area contributed by atoms with E-state index in [-0.39, 0.29) is 17.9 Å². The Labute approximate surface area is 129 Å². The molecule has 0 radical (unpaired) electrons. The minimum Gasteiger partial charge on any atom is -0.469 e. The first kappa shape index (κ1) is 20.0. The molecular formula is C14H24FN3O4. The van der Waals surface area contributed by atoms with Gasteiger partial charge in [0.15, 0.2) is 11.6 Å². The molecule has 2 rings (SSSR count). The largest absolute Gasteiger partial charge is 0.469 e. The predicted octanol–water partition coefficient (Wildman–Crippen LogP) is 1.87. The molecule has 0 bridgehead atoms. The zero-order chi connectivity index (χ0) is 17.3. The van der Waals surface area contributed by atoms with Crippen molar-refractivity contribution in [2.75, 3.05) is 12.8 Å². The first-order chi connectivity index (χ1) is 10.3. The fourth-order valence-electron chi connectivity index (χ4n) is 1.65. The van der Waals surface area contributed by atoms with E-state index in [4.69, 9.17) is 10.5 Å². The molecule has 1 unspecified atom stereocenters. The van der Waals surface area contributed by atoms with Gasteiger partial charge in [-0.2, -0.15) is 4.98 Å². The molecule has 126 valence electrons. The van der Waals surface area contributed by atoms with Crippen LogP contribution in [-0.2, 0) is 14.3 Å². The van der Waals surface area contributed by atoms with Crippen molar-refractivity contribution in [2.24, 2.45) is 0 Å². The van der Waals surface area contributed by atoms with E-state index in [1.54, 1.807) is 0 Å². The van der Waals surface area contributed by atoms with E-state index in [1.807, 2.05) is 20.8 Å². The van der Waals surface area contributed by atoms with Crippen LogP contribution in [0, 0.1) is 5.82 Å². The summed E-state index contributed by atoms with van der Waals surface area (Å²) in [6, 6.07) is 0. The van der Waals surface area contributed by atoms with Crippen LogP contribution in [0.15, 0.2) is 11.0 Å². The second-order valence-electron chi connectivity index (χ2n) is 4.34. The van der Waals surface area contributed by atoms with Gasteiger partial charge < -0.3 is 15.2 Å². The maximum Gasteiger partial charge on any atom is 0.351 e. The molecule has 2 atom stereocenters. The molecule has 2 N–H and O–H groups in total. The van der Waals surface area contributed by atoms with Crippen LogP contribution in [0.1, 0.15) is 46.8 Å². The zero-order valence-corrected chi connectivity index (χ0v) is 13.6. The lowest BCUT2D eigenvalue weighted by Gasteiger charge is -2.13. The van der Waals surface area contributed by atoms with Crippen LogP contribution in [0.5, 0.6) is 0 Å². The van der Waals surface area contributed by atoms with Gasteiger partial charge in [0, 0.05) is 6.92 Å². The van der Waals surface area contributed by atoms with E-state index < -0.39 is 17.7 Å². The Morgan fingerprint density at radius 2 is 2.05 bits per heavy atom. The highest BCUT2D eigenvalue weighted by molar-refractivity contribution is 5.65. The number of hydrogen-bond acceptors (Lipinski definition) is 6. The summed E-state index contributed by atoms with van der Waals surface area (Å²) < 4.78 is 23.8. The highest BCUT2D eigenvalue weighted by Crippen LogP contribution is 2.26. The number of methoxy groups -OCH3 is 1. The number of carbonyl (C=O) groups excluding carboxylic acids is 1. The molecule has 1 aromatic heterocycles. The molecule has 2 heterocycles. The summed E-state index contributed by atoms with van der Waals surface area (Å²) in [4.78, 5) is 24.4. The minimum atomic E-state index is -0.697. The third-order valence-electron chi connectivity index (χ3n) is 2.74. The Kier molecular flexibility index (Phi) is 9.00. The van der Waals surface area contributed by atoms with Crippen molar-refractivity contribution < 1.29 is 18.7 Å². The van der Waals surface area contributed by atoms with Gasteiger partial charge in [-0.15, -0.1) is 0 Å². The van der Waals surface area contributed by atoms with Crippen LogP contribution in [0.3, 0.4) is 0 Å². The third-order valence-corrected chi connectivity index (χ3v) is 2.74. The van der Waals surface area contributed by atoms with Crippen LogP contribution in [-0.4, -0.2) is 28.7 Å². The summed E-state index contributed by atoms with van der Waals surface area (Å²) in [5, 5.41) is 0. The number of rotatable bonds is 1. The molecule has 0 aromatic carbocycles. The molecule has 1 fully saturated rings. The standard InChI is InChI=1S/C9H12FN3O2.C3H6O2.C2H6/c1-5-2-3-7(15-5)13-4-6(10)8(11)12-9(13)14;1-3(4)5-2;1-2/h4-5,7H,2-3H2,1H3,(H2,11,12,14);1-2H3;1-2H3/t5?,7-;;/m1../s1. The lowest BCUT2D eigenvalue weighted by Crippen LogP contribution is -2.28. The summed E-state index contributed by atoms with van der Waals surface area (Å²) in [6.45, 7) is 7.27. The summed E-state index contributed by atoms with van der Waals surface area (Å²) in [7, 11) is 1.35. The number of ether oxygens (including phenoxy) is 2. The van der Waals surface area contributed by atoms with Crippen LogP contribution in [0.25, 0.3) is 0 Å². The van der Waals surface area contributed by atoms with Gasteiger partial charge in [-0.25, -0.2) is 9.18 Å². The molecule has 0 spiro atoms. The number of aromatic nitrogens is 2.